The molecular weight excluding hydrogens is 587 g/mol. The molecule has 1 rings (SSSR count). The maximum Gasteiger partial charge on any atom is 0.0975 e. The number of allylic oxidation sites excluding steroid dienone is 4. The van der Waals surface area contributed by atoms with Crippen LogP contribution in [-0.2, 0) is 9.47 Å². The molecule has 3 nitrogen and oxygen atoms in total. The number of nitrogens with zero attached hydrogens (tertiary/aromatic N) is 1. The fourth-order valence-electron chi connectivity index (χ4n) is 7.12. The molecule has 0 bridgehead atoms. The third-order valence-corrected chi connectivity index (χ3v) is 10.4. The Bertz CT molecular complexity index is 620. The zero-order chi connectivity index (χ0) is 34.4. The number of ether oxygens (including phenoxy) is 2. The lowest BCUT2D eigenvalue weighted by atomic mass is 10.1. The Morgan fingerprint density at radius 3 is 0.917 bits per heavy atom. The molecule has 0 N–H and O–H groups in total. The van der Waals surface area contributed by atoms with E-state index in [0.29, 0.717) is 0 Å². The van der Waals surface area contributed by atoms with Crippen LogP contribution < -0.4 is 0 Å². The molecule has 0 aromatic rings. The number of likely N-dealkylation sites (tertiary alicyclic amines) is 1. The van der Waals surface area contributed by atoms with Crippen molar-refractivity contribution in [1.82, 2.24) is 4.90 Å². The minimum atomic E-state index is 0.264. The molecule has 48 heavy (non-hydrogen) atoms. The molecule has 1 unspecified atom stereocenters. The van der Waals surface area contributed by atoms with Crippen LogP contribution in [0.1, 0.15) is 219 Å². The summed E-state index contributed by atoms with van der Waals surface area (Å²) in [6.45, 7) is 8.43. The van der Waals surface area contributed by atoms with Gasteiger partial charge in [0.05, 0.1) is 12.2 Å². The standard InChI is InChI=1S/C45H87NO2/c1-4-6-8-10-12-14-16-18-20-22-24-26-28-30-32-34-36-38-40-47-44-42-46(3)43-45(44)48-41-39-37-35-33-31-29-27-25-23-21-19-17-15-13-11-9-7-5-2/h18-21,44-45H,4-17,22-43H2,1-3H3/b20-18-,21-19-/t44-,45?/m1/s1. The maximum atomic E-state index is 6.33. The van der Waals surface area contributed by atoms with Gasteiger partial charge in [-0.2, -0.15) is 0 Å². The van der Waals surface area contributed by atoms with E-state index in [-0.39, 0.29) is 12.2 Å². The Labute approximate surface area is 302 Å². The molecule has 0 amide bonds. The number of unbranched alkanes of at least 4 members (excludes halogenated alkanes) is 28. The van der Waals surface area contributed by atoms with Gasteiger partial charge in [0, 0.05) is 26.3 Å². The number of likely N-dealkylation sites (N-methyl/N-ethyl adjacent to an activating group) is 1. The van der Waals surface area contributed by atoms with Gasteiger partial charge in [0.2, 0.25) is 0 Å². The highest BCUT2D eigenvalue weighted by molar-refractivity contribution is 4.85. The van der Waals surface area contributed by atoms with Gasteiger partial charge in [0.15, 0.2) is 0 Å². The Balaban J connectivity index is 1.84. The third-order valence-electron chi connectivity index (χ3n) is 10.4. The first-order valence-corrected chi connectivity index (χ1v) is 22.0. The van der Waals surface area contributed by atoms with Crippen LogP contribution >= 0.6 is 0 Å². The first-order chi connectivity index (χ1) is 23.8. The Kier molecular flexibility index (Phi) is 35.6. The van der Waals surface area contributed by atoms with Crippen molar-refractivity contribution in [3.63, 3.8) is 0 Å². The van der Waals surface area contributed by atoms with Crippen LogP contribution in [0.2, 0.25) is 0 Å². The molecule has 1 fully saturated rings. The average molecular weight is 674 g/mol. The van der Waals surface area contributed by atoms with Gasteiger partial charge in [-0.05, 0) is 71.3 Å². The van der Waals surface area contributed by atoms with E-state index in [2.05, 4.69) is 50.1 Å². The number of rotatable bonds is 38. The summed E-state index contributed by atoms with van der Waals surface area (Å²) in [5, 5.41) is 0. The molecule has 0 radical (unpaired) electrons. The quantitative estimate of drug-likeness (QED) is 0.0481. The minimum absolute atomic E-state index is 0.264. The highest BCUT2D eigenvalue weighted by Crippen LogP contribution is 2.18. The van der Waals surface area contributed by atoms with E-state index in [1.54, 1.807) is 0 Å². The summed E-state index contributed by atoms with van der Waals surface area (Å²) >= 11 is 0. The van der Waals surface area contributed by atoms with Crippen molar-refractivity contribution in [3.8, 4) is 0 Å². The normalized spacial score (nSPS) is 17.1. The second kappa shape index (κ2) is 37.6. The Morgan fingerprint density at radius 1 is 0.375 bits per heavy atom. The number of hydrogen-bond acceptors (Lipinski definition) is 3. The van der Waals surface area contributed by atoms with Gasteiger partial charge in [-0.15, -0.1) is 0 Å². The fraction of sp³-hybridized carbons (Fsp3) is 0.911. The average Bonchev–Trinajstić information content (AvgIpc) is 3.45. The van der Waals surface area contributed by atoms with E-state index in [9.17, 15) is 0 Å². The van der Waals surface area contributed by atoms with Crippen LogP contribution in [0.3, 0.4) is 0 Å². The molecule has 1 aliphatic rings. The molecule has 3 heteroatoms. The summed E-state index contributed by atoms with van der Waals surface area (Å²) < 4.78 is 12.7. The molecule has 2 atom stereocenters. The van der Waals surface area contributed by atoms with Gasteiger partial charge >= 0.3 is 0 Å². The van der Waals surface area contributed by atoms with Crippen LogP contribution in [-0.4, -0.2) is 50.5 Å². The van der Waals surface area contributed by atoms with Crippen molar-refractivity contribution in [1.29, 1.82) is 0 Å². The molecule has 0 aromatic carbocycles. The Hall–Kier alpha value is -0.640. The van der Waals surface area contributed by atoms with Gasteiger partial charge < -0.3 is 14.4 Å². The van der Waals surface area contributed by atoms with Crippen molar-refractivity contribution in [2.45, 2.75) is 232 Å². The number of hydrogen-bond donors (Lipinski definition) is 0. The van der Waals surface area contributed by atoms with Crippen LogP contribution in [0, 0.1) is 0 Å². The summed E-state index contributed by atoms with van der Waals surface area (Å²) in [5.74, 6) is 0. The summed E-state index contributed by atoms with van der Waals surface area (Å²) in [4.78, 5) is 2.38. The second-order valence-electron chi connectivity index (χ2n) is 15.3. The van der Waals surface area contributed by atoms with Crippen molar-refractivity contribution in [3.05, 3.63) is 24.3 Å². The monoisotopic (exact) mass is 674 g/mol. The topological polar surface area (TPSA) is 21.7 Å². The van der Waals surface area contributed by atoms with Gasteiger partial charge in [-0.25, -0.2) is 0 Å². The zero-order valence-corrected chi connectivity index (χ0v) is 33.2. The van der Waals surface area contributed by atoms with Crippen molar-refractivity contribution < 1.29 is 9.47 Å². The summed E-state index contributed by atoms with van der Waals surface area (Å²) in [5.41, 5.74) is 0. The molecule has 0 spiro atoms. The maximum absolute atomic E-state index is 6.33. The van der Waals surface area contributed by atoms with Crippen LogP contribution in [0.25, 0.3) is 0 Å². The Morgan fingerprint density at radius 2 is 0.625 bits per heavy atom. The van der Waals surface area contributed by atoms with E-state index in [4.69, 9.17) is 9.47 Å². The smallest absolute Gasteiger partial charge is 0.0975 e. The minimum Gasteiger partial charge on any atom is -0.374 e. The molecule has 1 heterocycles. The van der Waals surface area contributed by atoms with Gasteiger partial charge in [0.25, 0.3) is 0 Å². The zero-order valence-electron chi connectivity index (χ0n) is 33.2. The highest BCUT2D eigenvalue weighted by Gasteiger charge is 2.32. The van der Waals surface area contributed by atoms with Crippen molar-refractivity contribution in [2.24, 2.45) is 0 Å². The van der Waals surface area contributed by atoms with Crippen molar-refractivity contribution >= 4 is 0 Å². The molecule has 1 saturated heterocycles. The largest absolute Gasteiger partial charge is 0.374 e. The van der Waals surface area contributed by atoms with Crippen molar-refractivity contribution in [2.75, 3.05) is 33.4 Å². The van der Waals surface area contributed by atoms with Gasteiger partial charge in [0.1, 0.15) is 0 Å². The summed E-state index contributed by atoms with van der Waals surface area (Å²) in [6, 6.07) is 0. The van der Waals surface area contributed by atoms with E-state index < -0.39 is 0 Å². The lowest BCUT2D eigenvalue weighted by Crippen LogP contribution is -2.30. The lowest BCUT2D eigenvalue weighted by Gasteiger charge is -2.20. The third kappa shape index (κ3) is 31.3. The first kappa shape index (κ1) is 45.4. The summed E-state index contributed by atoms with van der Waals surface area (Å²) in [7, 11) is 2.21. The van der Waals surface area contributed by atoms with Crippen LogP contribution in [0.15, 0.2) is 24.3 Å². The van der Waals surface area contributed by atoms with E-state index >= 15 is 0 Å². The highest BCUT2D eigenvalue weighted by atomic mass is 16.5. The molecule has 284 valence electrons. The molecule has 1 aliphatic heterocycles. The molecule has 0 aliphatic carbocycles. The van der Waals surface area contributed by atoms with E-state index in [1.165, 1.54) is 205 Å². The predicted octanol–water partition coefficient (Wildman–Crippen LogP) is 14.3. The first-order valence-electron chi connectivity index (χ1n) is 22.0. The van der Waals surface area contributed by atoms with Crippen LogP contribution in [0.4, 0.5) is 0 Å². The molecular formula is C45H87NO2. The van der Waals surface area contributed by atoms with Gasteiger partial charge in [-0.1, -0.05) is 179 Å². The van der Waals surface area contributed by atoms with Gasteiger partial charge in [-0.3, -0.25) is 0 Å². The lowest BCUT2D eigenvalue weighted by molar-refractivity contribution is -0.0481. The second-order valence-corrected chi connectivity index (χ2v) is 15.3. The SMILES string of the molecule is CCCCCCCC/C=C\CCCCCCCCCCOC1CN(C)C[C@H]1OCCCCCCCCCC/C=C\CCCCCCCC. The van der Waals surface area contributed by atoms with E-state index in [1.807, 2.05) is 0 Å². The molecule has 0 saturated carbocycles. The summed E-state index contributed by atoms with van der Waals surface area (Å²) in [6.07, 6.45) is 54.0. The van der Waals surface area contributed by atoms with E-state index in [0.717, 1.165) is 26.3 Å². The van der Waals surface area contributed by atoms with Crippen LogP contribution in [0.5, 0.6) is 0 Å². The predicted molar refractivity (Wildman–Crippen MR) is 214 cm³/mol. The molecule has 0 aromatic heterocycles. The fourth-order valence-corrected chi connectivity index (χ4v) is 7.12.